The first-order chi connectivity index (χ1) is 9.51. The van der Waals surface area contributed by atoms with Crippen LogP contribution in [0.15, 0.2) is 35.7 Å². The number of ether oxygens (including phenoxy) is 1. The van der Waals surface area contributed by atoms with Gasteiger partial charge in [-0.15, -0.1) is 6.58 Å². The minimum absolute atomic E-state index is 0.0960. The Morgan fingerprint density at radius 3 is 2.85 bits per heavy atom. The van der Waals surface area contributed by atoms with Gasteiger partial charge in [0.1, 0.15) is 11.9 Å². The van der Waals surface area contributed by atoms with Crippen LogP contribution in [0.1, 0.15) is 12.0 Å². The minimum atomic E-state index is -3.77. The lowest BCUT2D eigenvalue weighted by molar-refractivity contribution is 0.144. The van der Waals surface area contributed by atoms with Gasteiger partial charge in [-0.1, -0.05) is 6.08 Å². The van der Waals surface area contributed by atoms with Crippen molar-refractivity contribution < 1.29 is 17.5 Å². The van der Waals surface area contributed by atoms with Gasteiger partial charge in [-0.2, -0.15) is 5.26 Å². The molecule has 0 atom stereocenters. The smallest absolute Gasteiger partial charge is 0.240 e. The Balaban J connectivity index is 2.61. The van der Waals surface area contributed by atoms with Crippen LogP contribution in [0.2, 0.25) is 0 Å². The van der Waals surface area contributed by atoms with Crippen molar-refractivity contribution >= 4 is 10.0 Å². The molecule has 1 aromatic rings. The maximum Gasteiger partial charge on any atom is 0.240 e. The molecular formula is C13H15FN2O3S. The lowest BCUT2D eigenvalue weighted by Gasteiger charge is -2.07. The number of sulfonamides is 1. The normalized spacial score (nSPS) is 11.0. The maximum absolute atomic E-state index is 13.1. The summed E-state index contributed by atoms with van der Waals surface area (Å²) in [4.78, 5) is -0.151. The van der Waals surface area contributed by atoms with Crippen molar-refractivity contribution in [2.75, 3.05) is 19.8 Å². The molecule has 0 spiro atoms. The van der Waals surface area contributed by atoms with E-state index in [2.05, 4.69) is 11.3 Å². The second-order valence-electron chi connectivity index (χ2n) is 3.84. The van der Waals surface area contributed by atoms with Gasteiger partial charge in [0.05, 0.1) is 23.7 Å². The topological polar surface area (TPSA) is 79.2 Å². The van der Waals surface area contributed by atoms with Gasteiger partial charge in [0, 0.05) is 6.54 Å². The summed E-state index contributed by atoms with van der Waals surface area (Å²) in [5.41, 5.74) is -0.310. The summed E-state index contributed by atoms with van der Waals surface area (Å²) in [5, 5.41) is 8.67. The summed E-state index contributed by atoms with van der Waals surface area (Å²) < 4.78 is 44.4. The van der Waals surface area contributed by atoms with Gasteiger partial charge in [-0.25, -0.2) is 17.5 Å². The highest BCUT2D eigenvalue weighted by Crippen LogP contribution is 2.14. The summed E-state index contributed by atoms with van der Waals surface area (Å²) in [7, 11) is -3.77. The van der Waals surface area contributed by atoms with E-state index in [1.165, 1.54) is 0 Å². The van der Waals surface area contributed by atoms with Gasteiger partial charge < -0.3 is 4.74 Å². The summed E-state index contributed by atoms with van der Waals surface area (Å²) in [6.07, 6.45) is 2.39. The molecule has 108 valence electrons. The molecule has 20 heavy (non-hydrogen) atoms. The predicted octanol–water partition coefficient (Wildman–Crippen LogP) is 1.57. The summed E-state index contributed by atoms with van der Waals surface area (Å²) in [6, 6.07) is 4.65. The first-order valence-corrected chi connectivity index (χ1v) is 7.37. The van der Waals surface area contributed by atoms with Crippen LogP contribution < -0.4 is 4.72 Å². The van der Waals surface area contributed by atoms with E-state index >= 15 is 0 Å². The van der Waals surface area contributed by atoms with Crippen molar-refractivity contribution in [1.29, 1.82) is 5.26 Å². The van der Waals surface area contributed by atoms with Crippen molar-refractivity contribution in [1.82, 2.24) is 4.72 Å². The van der Waals surface area contributed by atoms with Gasteiger partial charge in [0.2, 0.25) is 10.0 Å². The minimum Gasteiger partial charge on any atom is -0.380 e. The first kappa shape index (κ1) is 16.3. The van der Waals surface area contributed by atoms with Crippen LogP contribution in [-0.4, -0.2) is 28.2 Å². The molecule has 0 saturated heterocycles. The number of halogens is 1. The molecule has 0 aliphatic carbocycles. The molecule has 0 bridgehead atoms. The van der Waals surface area contributed by atoms with E-state index in [1.54, 1.807) is 12.1 Å². The first-order valence-electron chi connectivity index (χ1n) is 5.89. The average molecular weight is 298 g/mol. The van der Waals surface area contributed by atoms with Crippen LogP contribution >= 0.6 is 0 Å². The molecule has 1 aromatic carbocycles. The van der Waals surface area contributed by atoms with Gasteiger partial charge in [0.25, 0.3) is 0 Å². The number of rotatable bonds is 8. The highest BCUT2D eigenvalue weighted by molar-refractivity contribution is 7.89. The molecule has 5 nitrogen and oxygen atoms in total. The van der Waals surface area contributed by atoms with E-state index in [-0.39, 0.29) is 23.6 Å². The van der Waals surface area contributed by atoms with E-state index in [9.17, 15) is 12.8 Å². The molecule has 1 rings (SSSR count). The van der Waals surface area contributed by atoms with Crippen molar-refractivity contribution in [3.8, 4) is 6.07 Å². The molecule has 1 N–H and O–H groups in total. The zero-order valence-corrected chi connectivity index (χ0v) is 11.6. The van der Waals surface area contributed by atoms with E-state index in [4.69, 9.17) is 10.00 Å². The Kier molecular flexibility index (Phi) is 6.31. The number of nitriles is 1. The number of hydrogen-bond acceptors (Lipinski definition) is 4. The van der Waals surface area contributed by atoms with Gasteiger partial charge >= 0.3 is 0 Å². The Morgan fingerprint density at radius 2 is 2.20 bits per heavy atom. The second-order valence-corrected chi connectivity index (χ2v) is 5.61. The maximum atomic E-state index is 13.1. The molecule has 0 heterocycles. The van der Waals surface area contributed by atoms with E-state index in [1.807, 2.05) is 0 Å². The Hall–Kier alpha value is -1.75. The van der Waals surface area contributed by atoms with E-state index in [0.29, 0.717) is 13.0 Å². The zero-order valence-electron chi connectivity index (χ0n) is 10.8. The lowest BCUT2D eigenvalue weighted by atomic mass is 10.2. The van der Waals surface area contributed by atoms with Crippen molar-refractivity contribution in [2.24, 2.45) is 0 Å². The monoisotopic (exact) mass is 298 g/mol. The van der Waals surface area contributed by atoms with Crippen LogP contribution in [0.5, 0.6) is 0 Å². The number of nitrogens with one attached hydrogen (secondary N) is 1. The number of nitrogens with zero attached hydrogens (tertiary/aromatic N) is 1. The van der Waals surface area contributed by atoms with Crippen LogP contribution in [0.4, 0.5) is 4.39 Å². The Bertz CT molecular complexity index is 609. The van der Waals surface area contributed by atoms with Crippen LogP contribution in [-0.2, 0) is 14.8 Å². The van der Waals surface area contributed by atoms with Crippen LogP contribution in [0, 0.1) is 17.1 Å². The van der Waals surface area contributed by atoms with Crippen molar-refractivity contribution in [2.45, 2.75) is 11.3 Å². The highest BCUT2D eigenvalue weighted by Gasteiger charge is 2.15. The van der Waals surface area contributed by atoms with Gasteiger partial charge in [-0.3, -0.25) is 0 Å². The molecule has 0 unspecified atom stereocenters. The molecule has 0 aliphatic heterocycles. The summed E-state index contributed by atoms with van der Waals surface area (Å²) >= 11 is 0. The number of hydrogen-bond donors (Lipinski definition) is 1. The standard InChI is InChI=1S/C13H15FN2O3S/c1-2-3-7-19-8-6-16-20(17,18)12-4-5-13(14)11(9-12)10-15/h2,4-5,9,16H,1,3,6-8H2. The second kappa shape index (κ2) is 7.75. The molecule has 0 radical (unpaired) electrons. The van der Waals surface area contributed by atoms with Gasteiger partial charge in [0.15, 0.2) is 0 Å². The lowest BCUT2D eigenvalue weighted by Crippen LogP contribution is -2.27. The third kappa shape index (κ3) is 4.74. The molecule has 7 heteroatoms. The third-order valence-corrected chi connectivity index (χ3v) is 3.83. The molecule has 0 aromatic heterocycles. The van der Waals surface area contributed by atoms with Crippen molar-refractivity contribution in [3.63, 3.8) is 0 Å². The molecule has 0 aliphatic rings. The van der Waals surface area contributed by atoms with Crippen molar-refractivity contribution in [3.05, 3.63) is 42.2 Å². The number of benzene rings is 1. The average Bonchev–Trinajstić information content (AvgIpc) is 2.43. The molecule has 0 amide bonds. The fourth-order valence-electron chi connectivity index (χ4n) is 1.36. The predicted molar refractivity (Wildman–Crippen MR) is 71.9 cm³/mol. The largest absolute Gasteiger partial charge is 0.380 e. The van der Waals surface area contributed by atoms with E-state index in [0.717, 1.165) is 18.2 Å². The zero-order chi connectivity index (χ0) is 15.0. The molecular weight excluding hydrogens is 283 g/mol. The Morgan fingerprint density at radius 1 is 1.45 bits per heavy atom. The molecule has 0 saturated carbocycles. The van der Waals surface area contributed by atoms with Gasteiger partial charge in [-0.05, 0) is 24.6 Å². The quantitative estimate of drug-likeness (QED) is 0.583. The fraction of sp³-hybridized carbons (Fsp3) is 0.308. The SMILES string of the molecule is C=CCCOCCNS(=O)(=O)c1ccc(F)c(C#N)c1. The fourth-order valence-corrected chi connectivity index (χ4v) is 2.40. The molecule has 0 fully saturated rings. The summed E-state index contributed by atoms with van der Waals surface area (Å²) in [5.74, 6) is -0.751. The highest BCUT2D eigenvalue weighted by atomic mass is 32.2. The third-order valence-electron chi connectivity index (χ3n) is 2.37. The van der Waals surface area contributed by atoms with Crippen LogP contribution in [0.3, 0.4) is 0 Å². The van der Waals surface area contributed by atoms with Crippen LogP contribution in [0.25, 0.3) is 0 Å². The summed E-state index contributed by atoms with van der Waals surface area (Å²) in [6.45, 7) is 4.32. The van der Waals surface area contributed by atoms with E-state index < -0.39 is 15.8 Å². The Labute approximate surface area is 117 Å².